The summed E-state index contributed by atoms with van der Waals surface area (Å²) in [4.78, 5) is 12.5. The molecule has 1 N–H and O–H groups in total. The Morgan fingerprint density at radius 2 is 1.85 bits per heavy atom. The fourth-order valence-corrected chi connectivity index (χ4v) is 6.05. The van der Waals surface area contributed by atoms with Gasteiger partial charge >= 0.3 is 0 Å². The van der Waals surface area contributed by atoms with Crippen molar-refractivity contribution in [1.29, 1.82) is 0 Å². The smallest absolute Gasteiger partial charge is 0.251 e. The molecular weight excluding hydrogens is 352 g/mol. The van der Waals surface area contributed by atoms with Crippen LogP contribution < -0.4 is 5.32 Å². The molecule has 1 aromatic rings. The number of carbonyl (C=O) groups excluding carboxylic acids is 1. The van der Waals surface area contributed by atoms with E-state index in [1.165, 1.54) is 23.6 Å². The summed E-state index contributed by atoms with van der Waals surface area (Å²) in [7, 11) is -3.34. The predicted octanol–water partition coefficient (Wildman–Crippen LogP) is 1.77. The number of carbonyl (C=O) groups is 1. The average Bonchev–Trinajstić information content (AvgIpc) is 3.26. The van der Waals surface area contributed by atoms with E-state index in [2.05, 4.69) is 5.32 Å². The van der Waals surface area contributed by atoms with Crippen LogP contribution in [0.3, 0.4) is 0 Å². The monoisotopic (exact) mass is 378 g/mol. The van der Waals surface area contributed by atoms with Crippen LogP contribution in [0.15, 0.2) is 24.3 Å². The van der Waals surface area contributed by atoms with E-state index in [1.807, 2.05) is 0 Å². The fourth-order valence-electron chi connectivity index (χ4n) is 4.55. The zero-order chi connectivity index (χ0) is 18.1. The van der Waals surface area contributed by atoms with Crippen LogP contribution in [-0.2, 0) is 20.5 Å². The highest BCUT2D eigenvalue weighted by molar-refractivity contribution is 7.88. The summed E-state index contributed by atoms with van der Waals surface area (Å²) in [6.07, 6.45) is 4.90. The Hall–Kier alpha value is -1.44. The highest BCUT2D eigenvalue weighted by Crippen LogP contribution is 2.44. The van der Waals surface area contributed by atoms with Crippen LogP contribution in [0, 0.1) is 11.8 Å². The molecule has 1 amide bonds. The number of amides is 1. The molecule has 26 heavy (non-hydrogen) atoms. The maximum absolute atomic E-state index is 12.5. The standard InChI is InChI=1S/C19H26N2O4S/c22-19(20-18-12-15-3-6-17(18)11-15)16-4-1-14(2-5-16)13-26(23,24)21-7-9-25-10-8-21/h1-2,4-5,15,17-18H,3,6-13H2,(H,20,22). The second-order valence-corrected chi connectivity index (χ2v) is 9.69. The van der Waals surface area contributed by atoms with Gasteiger partial charge in [0.2, 0.25) is 10.0 Å². The molecule has 1 aliphatic heterocycles. The van der Waals surface area contributed by atoms with Gasteiger partial charge in [0, 0.05) is 24.7 Å². The Kier molecular flexibility index (Phi) is 5.03. The van der Waals surface area contributed by atoms with E-state index in [4.69, 9.17) is 4.74 Å². The molecule has 3 unspecified atom stereocenters. The van der Waals surface area contributed by atoms with E-state index in [0.29, 0.717) is 49.4 Å². The largest absolute Gasteiger partial charge is 0.379 e. The first-order chi connectivity index (χ1) is 12.5. The number of nitrogens with zero attached hydrogens (tertiary/aromatic N) is 1. The summed E-state index contributed by atoms with van der Waals surface area (Å²) in [5.74, 6) is 1.34. The van der Waals surface area contributed by atoms with Gasteiger partial charge in [-0.2, -0.15) is 4.31 Å². The highest BCUT2D eigenvalue weighted by Gasteiger charge is 2.40. The van der Waals surface area contributed by atoms with Gasteiger partial charge in [-0.1, -0.05) is 18.6 Å². The number of nitrogens with one attached hydrogen (secondary N) is 1. The van der Waals surface area contributed by atoms with E-state index >= 15 is 0 Å². The van der Waals surface area contributed by atoms with Crippen molar-refractivity contribution in [3.63, 3.8) is 0 Å². The molecule has 6 nitrogen and oxygen atoms in total. The lowest BCUT2D eigenvalue weighted by atomic mass is 9.95. The first-order valence-corrected chi connectivity index (χ1v) is 11.1. The van der Waals surface area contributed by atoms with Gasteiger partial charge in [-0.3, -0.25) is 4.79 Å². The Morgan fingerprint density at radius 1 is 1.12 bits per heavy atom. The first-order valence-electron chi connectivity index (χ1n) is 9.46. The molecule has 0 aromatic heterocycles. The third-order valence-electron chi connectivity index (χ3n) is 5.98. The highest BCUT2D eigenvalue weighted by atomic mass is 32.2. The number of benzene rings is 1. The Balaban J connectivity index is 1.36. The molecule has 4 rings (SSSR count). The Labute approximate surface area is 155 Å². The fraction of sp³-hybridized carbons (Fsp3) is 0.632. The van der Waals surface area contributed by atoms with E-state index < -0.39 is 10.0 Å². The molecule has 1 saturated heterocycles. The maximum atomic E-state index is 12.5. The lowest BCUT2D eigenvalue weighted by Crippen LogP contribution is -2.41. The van der Waals surface area contributed by atoms with Gasteiger partial charge in [-0.05, 0) is 48.8 Å². The third kappa shape index (κ3) is 3.80. The summed E-state index contributed by atoms with van der Waals surface area (Å²) < 4.78 is 31.6. The molecule has 3 atom stereocenters. The summed E-state index contributed by atoms with van der Waals surface area (Å²) in [6, 6.07) is 7.25. The maximum Gasteiger partial charge on any atom is 0.251 e. The van der Waals surface area contributed by atoms with Gasteiger partial charge in [-0.15, -0.1) is 0 Å². The molecule has 7 heteroatoms. The molecule has 142 valence electrons. The second-order valence-electron chi connectivity index (χ2n) is 7.72. The van der Waals surface area contributed by atoms with Gasteiger partial charge in [-0.25, -0.2) is 8.42 Å². The van der Waals surface area contributed by atoms with Crippen molar-refractivity contribution in [1.82, 2.24) is 9.62 Å². The molecule has 2 bridgehead atoms. The van der Waals surface area contributed by atoms with Crippen LogP contribution in [0.1, 0.15) is 41.6 Å². The number of fused-ring (bicyclic) bond motifs is 2. The van der Waals surface area contributed by atoms with E-state index in [-0.39, 0.29) is 11.7 Å². The van der Waals surface area contributed by atoms with Gasteiger partial charge < -0.3 is 10.1 Å². The zero-order valence-corrected chi connectivity index (χ0v) is 15.7. The molecule has 1 heterocycles. The van der Waals surface area contributed by atoms with Crippen LogP contribution in [0.5, 0.6) is 0 Å². The molecule has 2 saturated carbocycles. The average molecular weight is 378 g/mol. The molecule has 3 aliphatic rings. The number of hydrogen-bond donors (Lipinski definition) is 1. The summed E-state index contributed by atoms with van der Waals surface area (Å²) in [6.45, 7) is 1.71. The van der Waals surface area contributed by atoms with Crippen LogP contribution in [-0.4, -0.2) is 51.0 Å². The van der Waals surface area contributed by atoms with Crippen molar-refractivity contribution in [2.24, 2.45) is 11.8 Å². The molecule has 1 aromatic carbocycles. The quantitative estimate of drug-likeness (QED) is 0.847. The van der Waals surface area contributed by atoms with E-state index in [9.17, 15) is 13.2 Å². The minimum Gasteiger partial charge on any atom is -0.379 e. The molecular formula is C19H26N2O4S. The molecule has 0 radical (unpaired) electrons. The van der Waals surface area contributed by atoms with E-state index in [0.717, 1.165) is 12.3 Å². The SMILES string of the molecule is O=C(NC1CC2CCC1C2)c1ccc(CS(=O)(=O)N2CCOCC2)cc1. The number of rotatable bonds is 5. The lowest BCUT2D eigenvalue weighted by molar-refractivity contribution is 0.0729. The van der Waals surface area contributed by atoms with Gasteiger partial charge in [0.05, 0.1) is 19.0 Å². The van der Waals surface area contributed by atoms with Gasteiger partial charge in [0.1, 0.15) is 0 Å². The normalized spacial score (nSPS) is 29.0. The Morgan fingerprint density at radius 3 is 2.46 bits per heavy atom. The van der Waals surface area contributed by atoms with Crippen molar-refractivity contribution < 1.29 is 17.9 Å². The van der Waals surface area contributed by atoms with E-state index in [1.54, 1.807) is 24.3 Å². The van der Waals surface area contributed by atoms with Crippen molar-refractivity contribution in [2.75, 3.05) is 26.3 Å². The van der Waals surface area contributed by atoms with Crippen molar-refractivity contribution in [3.05, 3.63) is 35.4 Å². The van der Waals surface area contributed by atoms with Crippen molar-refractivity contribution in [3.8, 4) is 0 Å². The number of ether oxygens (including phenoxy) is 1. The minimum absolute atomic E-state index is 0.0404. The minimum atomic E-state index is -3.34. The van der Waals surface area contributed by atoms with Crippen molar-refractivity contribution in [2.45, 2.75) is 37.5 Å². The van der Waals surface area contributed by atoms with Gasteiger partial charge in [0.25, 0.3) is 5.91 Å². The lowest BCUT2D eigenvalue weighted by Gasteiger charge is -2.26. The summed E-state index contributed by atoms with van der Waals surface area (Å²) in [5.41, 5.74) is 1.30. The second kappa shape index (κ2) is 7.29. The van der Waals surface area contributed by atoms with Crippen LogP contribution in [0.4, 0.5) is 0 Å². The van der Waals surface area contributed by atoms with Crippen LogP contribution in [0.2, 0.25) is 0 Å². The third-order valence-corrected chi connectivity index (χ3v) is 7.83. The van der Waals surface area contributed by atoms with Crippen molar-refractivity contribution >= 4 is 15.9 Å². The molecule has 3 fully saturated rings. The zero-order valence-electron chi connectivity index (χ0n) is 14.9. The number of hydrogen-bond acceptors (Lipinski definition) is 4. The van der Waals surface area contributed by atoms with Crippen LogP contribution >= 0.6 is 0 Å². The van der Waals surface area contributed by atoms with Gasteiger partial charge in [0.15, 0.2) is 0 Å². The Bertz CT molecular complexity index is 756. The number of sulfonamides is 1. The topological polar surface area (TPSA) is 75.7 Å². The number of morpholine rings is 1. The molecule has 2 aliphatic carbocycles. The van der Waals surface area contributed by atoms with Crippen LogP contribution in [0.25, 0.3) is 0 Å². The summed E-state index contributed by atoms with van der Waals surface area (Å²) >= 11 is 0. The predicted molar refractivity (Wildman–Crippen MR) is 98.2 cm³/mol. The first kappa shape index (κ1) is 17.9. The molecule has 0 spiro atoms. The summed E-state index contributed by atoms with van der Waals surface area (Å²) in [5, 5.41) is 3.17.